The Bertz CT molecular complexity index is 831. The molecule has 0 atom stereocenters. The zero-order valence-electron chi connectivity index (χ0n) is 15.4. The summed E-state index contributed by atoms with van der Waals surface area (Å²) < 4.78 is 9.94. The Labute approximate surface area is 168 Å². The Kier molecular flexibility index (Phi) is 6.85. The predicted octanol–water partition coefficient (Wildman–Crippen LogP) is 4.48. The van der Waals surface area contributed by atoms with Crippen LogP contribution < -0.4 is 0 Å². The van der Waals surface area contributed by atoms with Crippen LogP contribution in [-0.2, 0) is 33.2 Å². The summed E-state index contributed by atoms with van der Waals surface area (Å²) in [5.74, 6) is 2.28. The summed E-state index contributed by atoms with van der Waals surface area (Å²) >= 11 is 3.45. The molecule has 0 fully saturated rings. The van der Waals surface area contributed by atoms with Crippen molar-refractivity contribution in [3.8, 4) is 0 Å². The van der Waals surface area contributed by atoms with Crippen LogP contribution in [0, 0.1) is 0 Å². The van der Waals surface area contributed by atoms with E-state index in [1.54, 1.807) is 35.7 Å². The third kappa shape index (κ3) is 4.87. The summed E-state index contributed by atoms with van der Waals surface area (Å²) in [4.78, 5) is 24.6. The van der Waals surface area contributed by atoms with E-state index in [4.69, 9.17) is 9.47 Å². The van der Waals surface area contributed by atoms with Gasteiger partial charge in [-0.05, 0) is 46.6 Å². The zero-order valence-corrected chi connectivity index (χ0v) is 17.1. The molecule has 142 valence electrons. The monoisotopic (exact) mass is 402 g/mol. The van der Waals surface area contributed by atoms with Crippen LogP contribution in [-0.4, -0.2) is 31.9 Å². The van der Waals surface area contributed by atoms with Gasteiger partial charge in [0.2, 0.25) is 0 Å². The molecule has 0 spiro atoms. The van der Waals surface area contributed by atoms with Crippen LogP contribution in [0.2, 0.25) is 0 Å². The maximum atomic E-state index is 12.3. The first kappa shape index (κ1) is 19.8. The molecule has 4 nitrogen and oxygen atoms in total. The van der Waals surface area contributed by atoms with Crippen molar-refractivity contribution in [2.45, 2.75) is 23.7 Å². The van der Waals surface area contributed by atoms with E-state index < -0.39 is 0 Å². The Morgan fingerprint density at radius 3 is 1.85 bits per heavy atom. The maximum Gasteiger partial charge on any atom is 0.338 e. The molecule has 0 saturated heterocycles. The lowest BCUT2D eigenvalue weighted by Gasteiger charge is -2.14. The second kappa shape index (κ2) is 9.33. The highest BCUT2D eigenvalue weighted by Crippen LogP contribution is 2.28. The van der Waals surface area contributed by atoms with Crippen molar-refractivity contribution < 1.29 is 19.1 Å². The second-order valence-corrected chi connectivity index (χ2v) is 8.35. The van der Waals surface area contributed by atoms with Crippen LogP contribution in [0.1, 0.15) is 43.0 Å². The normalized spacial score (nSPS) is 14.3. The first-order valence-electron chi connectivity index (χ1n) is 8.68. The van der Waals surface area contributed by atoms with Crippen LogP contribution in [0.15, 0.2) is 36.4 Å². The standard InChI is InChI=1S/C21H22O4S2/c1-24-20(22)18-10-17-13-27-11-15-5-3-14(4-6-15)7-8-26-12-16(18)9-19(17)21(23)25-2/h3-6,9-10H,7-8,11-13H2,1-2H3. The Morgan fingerprint density at radius 2 is 1.30 bits per heavy atom. The van der Waals surface area contributed by atoms with Crippen LogP contribution in [0.5, 0.6) is 0 Å². The van der Waals surface area contributed by atoms with Gasteiger partial charge in [-0.15, -0.1) is 0 Å². The number of thioether (sulfide) groups is 2. The molecule has 4 aliphatic rings. The molecule has 0 aliphatic carbocycles. The molecule has 0 amide bonds. The van der Waals surface area contributed by atoms with Crippen molar-refractivity contribution in [3.05, 3.63) is 69.8 Å². The summed E-state index contributed by atoms with van der Waals surface area (Å²) in [5, 5.41) is 0. The number of hydrogen-bond acceptors (Lipinski definition) is 6. The number of ether oxygens (including phenoxy) is 2. The summed E-state index contributed by atoms with van der Waals surface area (Å²) in [7, 11) is 2.76. The Hall–Kier alpha value is -1.92. The number of esters is 2. The smallest absolute Gasteiger partial charge is 0.338 e. The van der Waals surface area contributed by atoms with Gasteiger partial charge in [0.25, 0.3) is 0 Å². The van der Waals surface area contributed by atoms with E-state index in [2.05, 4.69) is 24.3 Å². The highest BCUT2D eigenvalue weighted by molar-refractivity contribution is 7.98. The van der Waals surface area contributed by atoms with Gasteiger partial charge < -0.3 is 9.47 Å². The van der Waals surface area contributed by atoms with Crippen molar-refractivity contribution in [2.75, 3.05) is 20.0 Å². The number of carbonyl (C=O) groups is 2. The quantitative estimate of drug-likeness (QED) is 0.690. The van der Waals surface area contributed by atoms with Gasteiger partial charge in [-0.3, -0.25) is 0 Å². The molecule has 2 aromatic carbocycles. The lowest BCUT2D eigenvalue weighted by atomic mass is 10.00. The Morgan fingerprint density at radius 1 is 0.778 bits per heavy atom. The van der Waals surface area contributed by atoms with Crippen molar-refractivity contribution in [3.63, 3.8) is 0 Å². The fourth-order valence-electron chi connectivity index (χ4n) is 2.98. The molecule has 6 heteroatoms. The average Bonchev–Trinajstić information content (AvgIpc) is 2.72. The zero-order chi connectivity index (χ0) is 19.2. The minimum atomic E-state index is -0.374. The number of benzene rings is 2. The van der Waals surface area contributed by atoms with E-state index >= 15 is 0 Å². The highest BCUT2D eigenvalue weighted by atomic mass is 32.2. The van der Waals surface area contributed by atoms with Gasteiger partial charge in [0.05, 0.1) is 25.3 Å². The van der Waals surface area contributed by atoms with Crippen LogP contribution >= 0.6 is 23.5 Å². The fraction of sp³-hybridized carbons (Fsp3) is 0.333. The van der Waals surface area contributed by atoms with Gasteiger partial charge in [-0.1, -0.05) is 24.3 Å². The third-order valence-corrected chi connectivity index (χ3v) is 6.54. The molecule has 4 bridgehead atoms. The summed E-state index contributed by atoms with van der Waals surface area (Å²) in [6, 6.07) is 12.3. The maximum absolute atomic E-state index is 12.3. The van der Waals surface area contributed by atoms with E-state index in [1.807, 2.05) is 0 Å². The summed E-state index contributed by atoms with van der Waals surface area (Å²) in [6.07, 6.45) is 0.966. The molecule has 0 N–H and O–H groups in total. The minimum Gasteiger partial charge on any atom is -0.465 e. The summed E-state index contributed by atoms with van der Waals surface area (Å²) in [6.45, 7) is 0. The van der Waals surface area contributed by atoms with E-state index in [-0.39, 0.29) is 11.9 Å². The highest BCUT2D eigenvalue weighted by Gasteiger charge is 2.20. The average molecular weight is 403 g/mol. The molecule has 6 rings (SSSR count). The number of rotatable bonds is 2. The van der Waals surface area contributed by atoms with E-state index in [9.17, 15) is 9.59 Å². The second-order valence-electron chi connectivity index (χ2n) is 6.26. The van der Waals surface area contributed by atoms with Crippen molar-refractivity contribution >= 4 is 35.5 Å². The van der Waals surface area contributed by atoms with Crippen molar-refractivity contribution in [1.82, 2.24) is 0 Å². The molecule has 27 heavy (non-hydrogen) atoms. The van der Waals surface area contributed by atoms with Gasteiger partial charge in [-0.25, -0.2) is 9.59 Å². The van der Waals surface area contributed by atoms with Gasteiger partial charge in [-0.2, -0.15) is 23.5 Å². The molecule has 4 heterocycles. The first-order valence-corrected chi connectivity index (χ1v) is 11.0. The van der Waals surface area contributed by atoms with Gasteiger partial charge >= 0.3 is 11.9 Å². The van der Waals surface area contributed by atoms with E-state index in [0.29, 0.717) is 22.6 Å². The van der Waals surface area contributed by atoms with E-state index in [0.717, 1.165) is 29.1 Å². The van der Waals surface area contributed by atoms with Gasteiger partial charge in [0.15, 0.2) is 0 Å². The summed E-state index contributed by atoms with van der Waals surface area (Å²) in [5.41, 5.74) is 5.22. The van der Waals surface area contributed by atoms with Crippen molar-refractivity contribution in [2.24, 2.45) is 0 Å². The molecular weight excluding hydrogens is 380 g/mol. The topological polar surface area (TPSA) is 52.6 Å². The third-order valence-electron chi connectivity index (χ3n) is 4.48. The van der Waals surface area contributed by atoms with E-state index in [1.165, 1.54) is 25.3 Å². The SMILES string of the molecule is COC(=O)c1cc2c(C(=O)OC)cc1CSCCc1ccc(cc1)CSC2. The lowest BCUT2D eigenvalue weighted by molar-refractivity contribution is 0.0585. The molecular formula is C21H22O4S2. The number of hydrogen-bond donors (Lipinski definition) is 0. The molecule has 0 saturated carbocycles. The van der Waals surface area contributed by atoms with Gasteiger partial charge in [0.1, 0.15) is 0 Å². The van der Waals surface area contributed by atoms with Crippen LogP contribution in [0.3, 0.4) is 0 Å². The molecule has 0 radical (unpaired) electrons. The molecule has 0 aromatic heterocycles. The van der Waals surface area contributed by atoms with Crippen LogP contribution in [0.25, 0.3) is 0 Å². The minimum absolute atomic E-state index is 0.371. The molecule has 2 aromatic rings. The number of aryl methyl sites for hydroxylation is 1. The largest absolute Gasteiger partial charge is 0.465 e. The van der Waals surface area contributed by atoms with Crippen LogP contribution in [0.4, 0.5) is 0 Å². The molecule has 0 unspecified atom stereocenters. The predicted molar refractivity (Wildman–Crippen MR) is 110 cm³/mol. The molecule has 4 aliphatic heterocycles. The fourth-order valence-corrected chi connectivity index (χ4v) is 4.95. The van der Waals surface area contributed by atoms with Crippen molar-refractivity contribution in [1.29, 1.82) is 0 Å². The first-order chi connectivity index (χ1) is 13.1. The Balaban J connectivity index is 2.01. The number of carbonyl (C=O) groups excluding carboxylic acids is 2. The van der Waals surface area contributed by atoms with Gasteiger partial charge in [0, 0.05) is 17.3 Å². The lowest BCUT2D eigenvalue weighted by Crippen LogP contribution is -2.12. The number of methoxy groups -OCH3 is 2.